The predicted molar refractivity (Wildman–Crippen MR) is 67.7 cm³/mol. The molecular weight excluding hydrogens is 294 g/mol. The lowest BCUT2D eigenvalue weighted by Gasteiger charge is -2.13. The molecule has 1 aliphatic carbocycles. The molecule has 0 aliphatic heterocycles. The molecule has 19 heavy (non-hydrogen) atoms. The average Bonchev–Trinajstić information content (AvgIpc) is 3.00. The van der Waals surface area contributed by atoms with E-state index >= 15 is 0 Å². The molecule has 1 heterocycles. The van der Waals surface area contributed by atoms with Gasteiger partial charge in [-0.2, -0.15) is 0 Å². The Morgan fingerprint density at radius 2 is 2.00 bits per heavy atom. The first-order chi connectivity index (χ1) is 8.67. The molecule has 0 spiro atoms. The van der Waals surface area contributed by atoms with E-state index in [-0.39, 0.29) is 22.6 Å². The number of aromatic nitrogens is 1. The Balaban J connectivity index is 2.52. The summed E-state index contributed by atoms with van der Waals surface area (Å²) in [6.45, 7) is 0. The first kappa shape index (κ1) is 14.0. The fourth-order valence-electron chi connectivity index (χ4n) is 1.37. The summed E-state index contributed by atoms with van der Waals surface area (Å²) in [6, 6.07) is 1.17. The second kappa shape index (κ2) is 4.62. The van der Waals surface area contributed by atoms with E-state index in [0.29, 0.717) is 0 Å². The van der Waals surface area contributed by atoms with Crippen LogP contribution < -0.4 is 14.6 Å². The summed E-state index contributed by atoms with van der Waals surface area (Å²) in [7, 11) is -7.63. The number of ether oxygens (including phenoxy) is 1. The molecule has 0 aromatic carbocycles. The Hall–Kier alpha value is -1.39. The van der Waals surface area contributed by atoms with Crippen LogP contribution in [0.3, 0.4) is 0 Å². The van der Waals surface area contributed by atoms with Crippen LogP contribution in [0.4, 0.5) is 5.82 Å². The van der Waals surface area contributed by atoms with Crippen molar-refractivity contribution < 1.29 is 21.6 Å². The van der Waals surface area contributed by atoms with Gasteiger partial charge in [-0.25, -0.2) is 27.0 Å². The number of anilines is 1. The lowest BCUT2D eigenvalue weighted by molar-refractivity contribution is 0.296. The topological polar surface area (TPSA) is 128 Å². The molecule has 1 aromatic rings. The quantitative estimate of drug-likeness (QED) is 0.764. The molecule has 1 aliphatic rings. The number of pyridine rings is 1. The predicted octanol–water partition coefficient (Wildman–Crippen LogP) is -0.358. The molecule has 1 fully saturated rings. The third kappa shape index (κ3) is 3.78. The van der Waals surface area contributed by atoms with Crippen LogP contribution in [0.15, 0.2) is 17.2 Å². The monoisotopic (exact) mass is 307 g/mol. The maximum atomic E-state index is 11.5. The van der Waals surface area contributed by atoms with Crippen LogP contribution in [-0.4, -0.2) is 34.2 Å². The van der Waals surface area contributed by atoms with E-state index in [1.807, 2.05) is 0 Å². The zero-order valence-corrected chi connectivity index (χ0v) is 11.7. The number of nitrogens with one attached hydrogen (secondary N) is 1. The van der Waals surface area contributed by atoms with E-state index in [0.717, 1.165) is 25.3 Å². The van der Waals surface area contributed by atoms with Crippen molar-refractivity contribution in [1.29, 1.82) is 0 Å². The van der Waals surface area contributed by atoms with Crippen molar-refractivity contribution in [3.63, 3.8) is 0 Å². The van der Waals surface area contributed by atoms with Gasteiger partial charge in [0, 0.05) is 6.20 Å². The van der Waals surface area contributed by atoms with Gasteiger partial charge in [-0.3, -0.25) is 4.72 Å². The van der Waals surface area contributed by atoms with Crippen LogP contribution in [0.5, 0.6) is 5.75 Å². The maximum absolute atomic E-state index is 11.5. The average molecular weight is 307 g/mol. The van der Waals surface area contributed by atoms with Crippen LogP contribution in [0.25, 0.3) is 0 Å². The second-order valence-electron chi connectivity index (χ2n) is 4.22. The Kier molecular flexibility index (Phi) is 3.41. The smallest absolute Gasteiger partial charge is 0.241 e. The van der Waals surface area contributed by atoms with Gasteiger partial charge in [0.05, 0.1) is 12.4 Å². The van der Waals surface area contributed by atoms with Crippen LogP contribution in [0.1, 0.15) is 12.8 Å². The number of nitrogens with zero attached hydrogens (tertiary/aromatic N) is 1. The van der Waals surface area contributed by atoms with Crippen molar-refractivity contribution in [1.82, 2.24) is 4.98 Å². The van der Waals surface area contributed by atoms with Crippen molar-refractivity contribution in [3.05, 3.63) is 12.3 Å². The summed E-state index contributed by atoms with van der Waals surface area (Å²) in [5.74, 6) is -0.334. The van der Waals surface area contributed by atoms with Gasteiger partial charge in [-0.05, 0) is 18.9 Å². The minimum Gasteiger partial charge on any atom is -0.485 e. The van der Waals surface area contributed by atoms with E-state index in [1.165, 1.54) is 6.07 Å². The summed E-state index contributed by atoms with van der Waals surface area (Å²) in [6.07, 6.45) is 3.49. The zero-order valence-electron chi connectivity index (χ0n) is 10.0. The summed E-state index contributed by atoms with van der Waals surface area (Å²) >= 11 is 0. The van der Waals surface area contributed by atoms with Gasteiger partial charge >= 0.3 is 0 Å². The number of primary sulfonamides is 1. The number of rotatable bonds is 5. The van der Waals surface area contributed by atoms with Crippen LogP contribution >= 0.6 is 0 Å². The number of hydrogen-bond donors (Lipinski definition) is 2. The van der Waals surface area contributed by atoms with Crippen LogP contribution in [-0.2, 0) is 20.0 Å². The van der Waals surface area contributed by atoms with Crippen molar-refractivity contribution in [2.24, 2.45) is 5.14 Å². The Labute approximate surface area is 111 Å². The molecule has 0 bridgehead atoms. The molecule has 0 radical (unpaired) electrons. The summed E-state index contributed by atoms with van der Waals surface area (Å²) in [5.41, 5.74) is 0. The Bertz CT molecular complexity index is 695. The zero-order chi connectivity index (χ0) is 14.3. The highest BCUT2D eigenvalue weighted by Gasteiger charge is 2.29. The van der Waals surface area contributed by atoms with E-state index in [1.54, 1.807) is 0 Å². The highest BCUT2D eigenvalue weighted by molar-refractivity contribution is 7.92. The molecule has 0 atom stereocenters. The van der Waals surface area contributed by atoms with Crippen molar-refractivity contribution >= 4 is 25.9 Å². The van der Waals surface area contributed by atoms with Gasteiger partial charge in [-0.1, -0.05) is 0 Å². The van der Waals surface area contributed by atoms with Crippen molar-refractivity contribution in [2.45, 2.75) is 23.8 Å². The van der Waals surface area contributed by atoms with Gasteiger partial charge in [-0.15, -0.1) is 0 Å². The Morgan fingerprint density at radius 3 is 2.47 bits per heavy atom. The molecule has 2 rings (SSSR count). The minimum absolute atomic E-state index is 0.134. The number of sulfonamides is 2. The van der Waals surface area contributed by atoms with Crippen molar-refractivity contribution in [3.8, 4) is 5.75 Å². The van der Waals surface area contributed by atoms with E-state index < -0.39 is 20.0 Å². The molecular formula is C9H13N3O5S2. The van der Waals surface area contributed by atoms with Crippen LogP contribution in [0, 0.1) is 0 Å². The lowest BCUT2D eigenvalue weighted by Crippen LogP contribution is -2.18. The summed E-state index contributed by atoms with van der Waals surface area (Å²) < 4.78 is 52.9. The highest BCUT2D eigenvalue weighted by atomic mass is 32.2. The van der Waals surface area contributed by atoms with Gasteiger partial charge in [0.1, 0.15) is 4.90 Å². The summed E-state index contributed by atoms with van der Waals surface area (Å²) in [4.78, 5) is 3.49. The minimum atomic E-state index is -4.03. The molecule has 8 nitrogen and oxygen atoms in total. The second-order valence-corrected chi connectivity index (χ2v) is 7.50. The van der Waals surface area contributed by atoms with Gasteiger partial charge < -0.3 is 4.74 Å². The third-order valence-electron chi connectivity index (χ3n) is 2.27. The SMILES string of the molecule is CS(=O)(=O)Nc1nccc(S(N)(=O)=O)c1OC1CC1. The van der Waals surface area contributed by atoms with Gasteiger partial charge in [0.2, 0.25) is 20.0 Å². The first-order valence-corrected chi connectivity index (χ1v) is 8.77. The van der Waals surface area contributed by atoms with E-state index in [9.17, 15) is 16.8 Å². The van der Waals surface area contributed by atoms with Crippen molar-refractivity contribution in [2.75, 3.05) is 11.0 Å². The molecule has 1 aromatic heterocycles. The third-order valence-corrected chi connectivity index (χ3v) is 3.76. The molecule has 0 saturated heterocycles. The molecule has 3 N–H and O–H groups in total. The fourth-order valence-corrected chi connectivity index (χ4v) is 2.52. The molecule has 1 saturated carbocycles. The molecule has 0 unspecified atom stereocenters. The fraction of sp³-hybridized carbons (Fsp3) is 0.444. The molecule has 10 heteroatoms. The van der Waals surface area contributed by atoms with E-state index in [2.05, 4.69) is 9.71 Å². The molecule has 0 amide bonds. The van der Waals surface area contributed by atoms with Gasteiger partial charge in [0.15, 0.2) is 11.6 Å². The summed E-state index contributed by atoms with van der Waals surface area (Å²) in [5, 5.41) is 5.07. The largest absolute Gasteiger partial charge is 0.485 e. The maximum Gasteiger partial charge on any atom is 0.241 e. The lowest BCUT2D eigenvalue weighted by atomic mass is 10.4. The highest BCUT2D eigenvalue weighted by Crippen LogP contribution is 2.35. The standard InChI is InChI=1S/C9H13N3O5S2/c1-18(13,14)12-9-8(17-6-2-3-6)7(4-5-11-9)19(10,15)16/h4-6H,2-3H2,1H3,(H,11,12)(H2,10,15,16). The Morgan fingerprint density at radius 1 is 1.37 bits per heavy atom. The first-order valence-electron chi connectivity index (χ1n) is 5.33. The number of nitrogens with two attached hydrogens (primary N) is 1. The van der Waals surface area contributed by atoms with E-state index in [4.69, 9.17) is 9.88 Å². The molecule has 106 valence electrons. The number of hydrogen-bond acceptors (Lipinski definition) is 6. The van der Waals surface area contributed by atoms with Crippen LogP contribution in [0.2, 0.25) is 0 Å². The van der Waals surface area contributed by atoms with Gasteiger partial charge in [0.25, 0.3) is 0 Å². The normalized spacial score (nSPS) is 16.1.